The van der Waals surface area contributed by atoms with Gasteiger partial charge in [-0.05, 0) is 30.3 Å². The molecule has 0 saturated heterocycles. The summed E-state index contributed by atoms with van der Waals surface area (Å²) in [5.41, 5.74) is -2.47. The second-order valence-electron chi connectivity index (χ2n) is 6.89. The Bertz CT molecular complexity index is 1320. The summed E-state index contributed by atoms with van der Waals surface area (Å²) in [4.78, 5) is 27.1. The van der Waals surface area contributed by atoms with E-state index in [-0.39, 0.29) is 0 Å². The maximum atomic E-state index is 13.2. The zero-order valence-corrected chi connectivity index (χ0v) is 17.5. The monoisotopic (exact) mass is 480 g/mol. The van der Waals surface area contributed by atoms with Crippen LogP contribution in [0.25, 0.3) is 6.08 Å². The summed E-state index contributed by atoms with van der Waals surface area (Å²) >= 11 is 12.4. The maximum absolute atomic E-state index is 13.2. The van der Waals surface area contributed by atoms with Crippen molar-refractivity contribution in [1.29, 1.82) is 0 Å². The minimum Gasteiger partial charge on any atom is -0.456 e. The van der Waals surface area contributed by atoms with Gasteiger partial charge in [-0.2, -0.15) is 13.2 Å². The molecule has 0 saturated carbocycles. The van der Waals surface area contributed by atoms with Crippen molar-refractivity contribution in [2.24, 2.45) is 0 Å². The molecule has 4 rings (SSSR count). The zero-order valence-electron chi connectivity index (χ0n) is 16.0. The van der Waals surface area contributed by atoms with E-state index in [4.69, 9.17) is 27.9 Å². The number of amides is 1. The van der Waals surface area contributed by atoms with Crippen molar-refractivity contribution in [2.75, 3.05) is 0 Å². The smallest absolute Gasteiger partial charge is 0.431 e. The Morgan fingerprint density at radius 1 is 1.16 bits per heavy atom. The highest BCUT2D eigenvalue weighted by molar-refractivity contribution is 6.32. The molecule has 0 fully saturated rings. The topological polar surface area (TPSA) is 71.2 Å². The van der Waals surface area contributed by atoms with Crippen LogP contribution in [-0.2, 0) is 6.18 Å². The number of aromatic nitrogens is 1. The minimum atomic E-state index is -4.82. The highest BCUT2D eigenvalue weighted by Gasteiger charge is 2.36. The summed E-state index contributed by atoms with van der Waals surface area (Å²) in [7, 11) is 0. The number of H-pyrrole nitrogens is 1. The summed E-state index contributed by atoms with van der Waals surface area (Å²) in [6.07, 6.45) is -3.91. The van der Waals surface area contributed by atoms with Crippen LogP contribution >= 0.6 is 23.2 Å². The van der Waals surface area contributed by atoms with E-state index in [1.54, 1.807) is 41.4 Å². The van der Waals surface area contributed by atoms with Gasteiger partial charge in [-0.25, -0.2) is 0 Å². The van der Waals surface area contributed by atoms with Crippen molar-refractivity contribution in [3.63, 3.8) is 0 Å². The molecule has 32 heavy (non-hydrogen) atoms. The summed E-state index contributed by atoms with van der Waals surface area (Å²) in [5.74, 6) is -0.168. The third kappa shape index (κ3) is 3.87. The molecule has 3 aromatic rings. The van der Waals surface area contributed by atoms with Crippen LogP contribution in [0.2, 0.25) is 10.0 Å². The number of fused-ring (bicyclic) bond motifs is 2. The third-order valence-corrected chi connectivity index (χ3v) is 5.47. The fraction of sp³-hybridized carbons (Fsp3) is 0.0909. The van der Waals surface area contributed by atoms with Crippen molar-refractivity contribution in [2.45, 2.75) is 12.2 Å². The first-order valence-corrected chi connectivity index (χ1v) is 9.89. The number of pyridine rings is 1. The Labute approximate surface area is 189 Å². The molecule has 1 aliphatic heterocycles. The number of nitrogens with one attached hydrogen (secondary N) is 2. The van der Waals surface area contributed by atoms with Gasteiger partial charge >= 0.3 is 6.18 Å². The lowest BCUT2D eigenvalue weighted by Gasteiger charge is -2.29. The van der Waals surface area contributed by atoms with Gasteiger partial charge in [0.1, 0.15) is 22.8 Å². The van der Waals surface area contributed by atoms with E-state index in [0.29, 0.717) is 32.7 Å². The van der Waals surface area contributed by atoms with Crippen LogP contribution in [0.3, 0.4) is 0 Å². The van der Waals surface area contributed by atoms with E-state index in [2.05, 4.69) is 11.9 Å². The number of halogens is 5. The van der Waals surface area contributed by atoms with Crippen LogP contribution in [0.4, 0.5) is 13.2 Å². The van der Waals surface area contributed by atoms with Gasteiger partial charge in [-0.15, -0.1) is 0 Å². The molecule has 1 aromatic heterocycles. The van der Waals surface area contributed by atoms with Crippen molar-refractivity contribution in [3.05, 3.63) is 97.4 Å². The fourth-order valence-corrected chi connectivity index (χ4v) is 3.90. The molecule has 1 aliphatic rings. The largest absolute Gasteiger partial charge is 0.456 e. The number of rotatable bonds is 3. The van der Waals surface area contributed by atoms with Gasteiger partial charge in [0.05, 0.1) is 6.04 Å². The van der Waals surface area contributed by atoms with E-state index >= 15 is 0 Å². The summed E-state index contributed by atoms with van der Waals surface area (Å²) < 4.78 is 45.4. The van der Waals surface area contributed by atoms with Crippen LogP contribution in [0.1, 0.15) is 38.8 Å². The number of benzene rings is 2. The highest BCUT2D eigenvalue weighted by Crippen LogP contribution is 2.46. The first kappa shape index (κ1) is 22.0. The number of hydrogen-bond donors (Lipinski definition) is 2. The normalized spacial score (nSPS) is 14.7. The molecule has 1 amide bonds. The molecule has 2 aromatic carbocycles. The molecule has 0 aliphatic carbocycles. The molecular formula is C22H13Cl2F3N2O3. The molecule has 164 valence electrons. The van der Waals surface area contributed by atoms with E-state index in [1.165, 1.54) is 0 Å². The maximum Gasteiger partial charge on any atom is 0.431 e. The number of hydrogen-bond acceptors (Lipinski definition) is 3. The fourth-order valence-electron chi connectivity index (χ4n) is 3.46. The van der Waals surface area contributed by atoms with Crippen LogP contribution in [0.5, 0.6) is 11.5 Å². The SMILES string of the molecule is C=Cc1cc(C(=O)NC2c3ccc(Cl)cc3Oc3cccc(Cl)c32)c(=O)[nH]c1C(F)(F)F. The number of aromatic amines is 1. The van der Waals surface area contributed by atoms with Crippen molar-refractivity contribution >= 4 is 35.2 Å². The standard InChI is InChI=1S/C22H13Cl2F3N2O3/c1-2-10-8-13(21(31)29-19(10)22(25,26)27)20(30)28-18-12-7-6-11(23)9-16(12)32-15-5-3-4-14(24)17(15)18/h2-9,18H,1H2,(H,28,30)(H,29,31). The molecule has 10 heteroatoms. The average molecular weight is 481 g/mol. The van der Waals surface area contributed by atoms with Gasteiger partial charge in [0.2, 0.25) is 0 Å². The minimum absolute atomic E-state index is 0.293. The van der Waals surface area contributed by atoms with Crippen molar-refractivity contribution < 1.29 is 22.7 Å². The van der Waals surface area contributed by atoms with Gasteiger partial charge in [0.25, 0.3) is 11.5 Å². The predicted molar refractivity (Wildman–Crippen MR) is 114 cm³/mol. The molecule has 2 N–H and O–H groups in total. The Balaban J connectivity index is 1.80. The van der Waals surface area contributed by atoms with E-state index in [9.17, 15) is 22.8 Å². The van der Waals surface area contributed by atoms with Crippen LogP contribution in [-0.4, -0.2) is 10.9 Å². The molecule has 0 spiro atoms. The lowest BCUT2D eigenvalue weighted by atomic mass is 9.94. The number of ether oxygens (including phenoxy) is 1. The van der Waals surface area contributed by atoms with Crippen molar-refractivity contribution in [3.8, 4) is 11.5 Å². The third-order valence-electron chi connectivity index (χ3n) is 4.90. The second-order valence-corrected chi connectivity index (χ2v) is 7.73. The molecule has 2 heterocycles. The zero-order chi connectivity index (χ0) is 23.2. The van der Waals surface area contributed by atoms with Gasteiger partial charge in [0, 0.05) is 26.7 Å². The van der Waals surface area contributed by atoms with E-state index in [0.717, 1.165) is 12.1 Å². The first-order chi connectivity index (χ1) is 15.1. The predicted octanol–water partition coefficient (Wildman–Crippen LogP) is 5.97. The van der Waals surface area contributed by atoms with Crippen LogP contribution < -0.4 is 15.6 Å². The molecule has 1 atom stereocenters. The van der Waals surface area contributed by atoms with Crippen molar-refractivity contribution in [1.82, 2.24) is 10.3 Å². The molecule has 1 unspecified atom stereocenters. The average Bonchev–Trinajstić information content (AvgIpc) is 2.72. The van der Waals surface area contributed by atoms with Crippen LogP contribution in [0, 0.1) is 0 Å². The van der Waals surface area contributed by atoms with E-state index in [1.807, 2.05) is 0 Å². The molecule has 5 nitrogen and oxygen atoms in total. The van der Waals surface area contributed by atoms with Gasteiger partial charge < -0.3 is 15.0 Å². The number of alkyl halides is 3. The quantitative estimate of drug-likeness (QED) is 0.485. The number of carbonyl (C=O) groups excluding carboxylic acids is 1. The number of carbonyl (C=O) groups is 1. The van der Waals surface area contributed by atoms with Gasteiger partial charge in [-0.3, -0.25) is 9.59 Å². The molecule has 0 radical (unpaired) electrons. The Hall–Kier alpha value is -3.23. The summed E-state index contributed by atoms with van der Waals surface area (Å²) in [6.45, 7) is 3.33. The Morgan fingerprint density at radius 2 is 1.91 bits per heavy atom. The summed E-state index contributed by atoms with van der Waals surface area (Å²) in [5, 5.41) is 3.37. The van der Waals surface area contributed by atoms with E-state index < -0.39 is 40.5 Å². The Kier molecular flexibility index (Phi) is 5.52. The highest BCUT2D eigenvalue weighted by atomic mass is 35.5. The van der Waals surface area contributed by atoms with Crippen LogP contribution in [0.15, 0.2) is 53.8 Å². The Morgan fingerprint density at radius 3 is 2.59 bits per heavy atom. The lowest BCUT2D eigenvalue weighted by molar-refractivity contribution is -0.141. The summed E-state index contributed by atoms with van der Waals surface area (Å²) in [6, 6.07) is 9.68. The van der Waals surface area contributed by atoms with Gasteiger partial charge in [-0.1, -0.05) is 48.0 Å². The second kappa shape index (κ2) is 8.03. The molecule has 0 bridgehead atoms. The molecular weight excluding hydrogens is 468 g/mol. The first-order valence-electron chi connectivity index (χ1n) is 9.13. The van der Waals surface area contributed by atoms with Gasteiger partial charge in [0.15, 0.2) is 0 Å². The lowest BCUT2D eigenvalue weighted by Crippen LogP contribution is -2.35.